The molecule has 0 bridgehead atoms. The standard InChI is InChI=1S/C17H26N2O2/c1-14(10-12-21-16-8-4-3-5-9-16)17(20)19-11-6-7-15(19)13-18-2/h3-5,8-9,14-15,18H,6-7,10-13H2,1-2H3. The van der Waals surface area contributed by atoms with Crippen molar-refractivity contribution in [3.05, 3.63) is 30.3 Å². The third-order valence-electron chi connectivity index (χ3n) is 4.08. The number of para-hydroxylation sites is 1. The van der Waals surface area contributed by atoms with Gasteiger partial charge in [-0.25, -0.2) is 0 Å². The molecule has 2 atom stereocenters. The van der Waals surface area contributed by atoms with Gasteiger partial charge in [0.25, 0.3) is 0 Å². The lowest BCUT2D eigenvalue weighted by atomic mass is 10.1. The molecule has 4 nitrogen and oxygen atoms in total. The number of carbonyl (C=O) groups excluding carboxylic acids is 1. The van der Waals surface area contributed by atoms with Crippen molar-refractivity contribution in [1.82, 2.24) is 10.2 Å². The number of hydrogen-bond acceptors (Lipinski definition) is 3. The van der Waals surface area contributed by atoms with Crippen molar-refractivity contribution in [3.8, 4) is 5.75 Å². The van der Waals surface area contributed by atoms with E-state index in [0.29, 0.717) is 12.6 Å². The zero-order chi connectivity index (χ0) is 15.1. The summed E-state index contributed by atoms with van der Waals surface area (Å²) in [6.45, 7) is 4.38. The Bertz CT molecular complexity index is 436. The van der Waals surface area contributed by atoms with Crippen LogP contribution in [0.25, 0.3) is 0 Å². The fourth-order valence-corrected chi connectivity index (χ4v) is 2.85. The Balaban J connectivity index is 1.77. The van der Waals surface area contributed by atoms with Gasteiger partial charge in [-0.2, -0.15) is 0 Å². The fraction of sp³-hybridized carbons (Fsp3) is 0.588. The quantitative estimate of drug-likeness (QED) is 0.838. The number of rotatable bonds is 7. The molecule has 21 heavy (non-hydrogen) atoms. The Hall–Kier alpha value is -1.55. The maximum atomic E-state index is 12.5. The minimum atomic E-state index is 0.0196. The van der Waals surface area contributed by atoms with Crippen LogP contribution in [0, 0.1) is 5.92 Å². The molecule has 1 N–H and O–H groups in total. The zero-order valence-corrected chi connectivity index (χ0v) is 13.0. The van der Waals surface area contributed by atoms with Gasteiger partial charge >= 0.3 is 0 Å². The first-order valence-corrected chi connectivity index (χ1v) is 7.85. The van der Waals surface area contributed by atoms with Gasteiger partial charge in [0, 0.05) is 25.0 Å². The van der Waals surface area contributed by atoms with E-state index < -0.39 is 0 Å². The van der Waals surface area contributed by atoms with Crippen molar-refractivity contribution >= 4 is 5.91 Å². The van der Waals surface area contributed by atoms with E-state index in [1.165, 1.54) is 0 Å². The summed E-state index contributed by atoms with van der Waals surface area (Å²) in [5.41, 5.74) is 0. The summed E-state index contributed by atoms with van der Waals surface area (Å²) in [5.74, 6) is 1.15. The van der Waals surface area contributed by atoms with Crippen LogP contribution in [0.4, 0.5) is 0 Å². The molecule has 2 unspecified atom stereocenters. The predicted octanol–water partition coefficient (Wildman–Crippen LogP) is 2.30. The van der Waals surface area contributed by atoms with E-state index in [0.717, 1.165) is 38.1 Å². The fourth-order valence-electron chi connectivity index (χ4n) is 2.85. The van der Waals surface area contributed by atoms with E-state index in [1.807, 2.05) is 49.2 Å². The number of carbonyl (C=O) groups is 1. The Kier molecular flexibility index (Phi) is 6.05. The first-order chi connectivity index (χ1) is 10.2. The van der Waals surface area contributed by atoms with Crippen LogP contribution in [0.5, 0.6) is 5.75 Å². The van der Waals surface area contributed by atoms with E-state index in [4.69, 9.17) is 4.74 Å². The molecule has 116 valence electrons. The van der Waals surface area contributed by atoms with Gasteiger partial charge in [-0.05, 0) is 38.4 Å². The van der Waals surface area contributed by atoms with Gasteiger partial charge < -0.3 is 15.0 Å². The third-order valence-corrected chi connectivity index (χ3v) is 4.08. The van der Waals surface area contributed by atoms with Crippen molar-refractivity contribution in [3.63, 3.8) is 0 Å². The van der Waals surface area contributed by atoms with E-state index >= 15 is 0 Å². The number of nitrogens with zero attached hydrogens (tertiary/aromatic N) is 1. The number of ether oxygens (including phenoxy) is 1. The van der Waals surface area contributed by atoms with Gasteiger partial charge in [0.15, 0.2) is 0 Å². The summed E-state index contributed by atoms with van der Waals surface area (Å²) in [6.07, 6.45) is 2.99. The van der Waals surface area contributed by atoms with Crippen LogP contribution in [-0.2, 0) is 4.79 Å². The van der Waals surface area contributed by atoms with Crippen molar-refractivity contribution in [2.45, 2.75) is 32.2 Å². The van der Waals surface area contributed by atoms with Crippen LogP contribution in [0.3, 0.4) is 0 Å². The summed E-state index contributed by atoms with van der Waals surface area (Å²) in [5, 5.41) is 3.18. The van der Waals surface area contributed by atoms with Gasteiger partial charge in [0.05, 0.1) is 6.61 Å². The van der Waals surface area contributed by atoms with E-state index in [1.54, 1.807) is 0 Å². The second kappa shape index (κ2) is 8.03. The summed E-state index contributed by atoms with van der Waals surface area (Å²) < 4.78 is 5.68. The Labute approximate surface area is 127 Å². The lowest BCUT2D eigenvalue weighted by molar-refractivity contribution is -0.136. The summed E-state index contributed by atoms with van der Waals surface area (Å²) >= 11 is 0. The SMILES string of the molecule is CNCC1CCCN1C(=O)C(C)CCOc1ccccc1. The number of likely N-dealkylation sites (N-methyl/N-ethyl adjacent to an activating group) is 1. The van der Waals surface area contributed by atoms with E-state index in [9.17, 15) is 4.79 Å². The highest BCUT2D eigenvalue weighted by Gasteiger charge is 2.30. The van der Waals surface area contributed by atoms with Crippen LogP contribution < -0.4 is 10.1 Å². The number of hydrogen-bond donors (Lipinski definition) is 1. The smallest absolute Gasteiger partial charge is 0.225 e. The number of nitrogens with one attached hydrogen (secondary N) is 1. The van der Waals surface area contributed by atoms with Gasteiger partial charge in [0.1, 0.15) is 5.75 Å². The molecule has 1 heterocycles. The average Bonchev–Trinajstić information content (AvgIpc) is 2.96. The van der Waals surface area contributed by atoms with Crippen LogP contribution >= 0.6 is 0 Å². The Morgan fingerprint density at radius 2 is 2.19 bits per heavy atom. The molecule has 0 aromatic heterocycles. The van der Waals surface area contributed by atoms with Crippen molar-refractivity contribution in [2.24, 2.45) is 5.92 Å². The molecule has 1 saturated heterocycles. The van der Waals surface area contributed by atoms with Crippen molar-refractivity contribution in [2.75, 3.05) is 26.7 Å². The summed E-state index contributed by atoms with van der Waals surface area (Å²) in [6, 6.07) is 10.1. The molecule has 4 heteroatoms. The van der Waals surface area contributed by atoms with Gasteiger partial charge in [-0.1, -0.05) is 25.1 Å². The molecule has 0 spiro atoms. The van der Waals surface area contributed by atoms with Crippen LogP contribution in [0.1, 0.15) is 26.2 Å². The van der Waals surface area contributed by atoms with Crippen molar-refractivity contribution < 1.29 is 9.53 Å². The molecule has 1 fully saturated rings. The summed E-state index contributed by atoms with van der Waals surface area (Å²) in [7, 11) is 1.94. The van der Waals surface area contributed by atoms with Crippen molar-refractivity contribution in [1.29, 1.82) is 0 Å². The molecule has 1 aliphatic heterocycles. The highest BCUT2D eigenvalue weighted by molar-refractivity contribution is 5.79. The Morgan fingerprint density at radius 3 is 2.90 bits per heavy atom. The maximum Gasteiger partial charge on any atom is 0.225 e. The van der Waals surface area contributed by atoms with Crippen LogP contribution in [0.2, 0.25) is 0 Å². The molecule has 1 aliphatic rings. The van der Waals surface area contributed by atoms with E-state index in [2.05, 4.69) is 5.32 Å². The highest BCUT2D eigenvalue weighted by atomic mass is 16.5. The van der Waals surface area contributed by atoms with Gasteiger partial charge in [-0.3, -0.25) is 4.79 Å². The predicted molar refractivity (Wildman–Crippen MR) is 84.4 cm³/mol. The molecular formula is C17H26N2O2. The van der Waals surface area contributed by atoms with Crippen LogP contribution in [0.15, 0.2) is 30.3 Å². The molecule has 0 aliphatic carbocycles. The Morgan fingerprint density at radius 1 is 1.43 bits per heavy atom. The minimum Gasteiger partial charge on any atom is -0.494 e. The number of amides is 1. The average molecular weight is 290 g/mol. The minimum absolute atomic E-state index is 0.0196. The maximum absolute atomic E-state index is 12.5. The first-order valence-electron chi connectivity index (χ1n) is 7.85. The number of benzene rings is 1. The normalized spacial score (nSPS) is 19.5. The molecular weight excluding hydrogens is 264 g/mol. The van der Waals surface area contributed by atoms with E-state index in [-0.39, 0.29) is 11.8 Å². The molecule has 0 saturated carbocycles. The molecule has 1 aromatic rings. The second-order valence-corrected chi connectivity index (χ2v) is 5.74. The van der Waals surface area contributed by atoms with Crippen LogP contribution in [-0.4, -0.2) is 43.6 Å². The highest BCUT2D eigenvalue weighted by Crippen LogP contribution is 2.20. The summed E-state index contributed by atoms with van der Waals surface area (Å²) in [4.78, 5) is 14.6. The zero-order valence-electron chi connectivity index (χ0n) is 13.0. The molecule has 1 amide bonds. The third kappa shape index (κ3) is 4.46. The first kappa shape index (κ1) is 15.8. The second-order valence-electron chi connectivity index (χ2n) is 5.74. The van der Waals surface area contributed by atoms with Gasteiger partial charge in [0.2, 0.25) is 5.91 Å². The lowest BCUT2D eigenvalue weighted by Gasteiger charge is -2.27. The molecule has 0 radical (unpaired) electrons. The lowest BCUT2D eigenvalue weighted by Crippen LogP contribution is -2.43. The molecule has 2 rings (SSSR count). The monoisotopic (exact) mass is 290 g/mol. The van der Waals surface area contributed by atoms with Gasteiger partial charge in [-0.15, -0.1) is 0 Å². The topological polar surface area (TPSA) is 41.6 Å². The largest absolute Gasteiger partial charge is 0.494 e. The number of likely N-dealkylation sites (tertiary alicyclic amines) is 1. The molecule has 1 aromatic carbocycles.